The Morgan fingerprint density at radius 1 is 1.20 bits per heavy atom. The summed E-state index contributed by atoms with van der Waals surface area (Å²) in [5, 5.41) is 5.67. The molecule has 4 rings (SSSR count). The number of nitrogens with zero attached hydrogens (tertiary/aromatic N) is 5. The number of nitrogens with one attached hydrogen (secondary N) is 2. The number of amides is 1. The molecule has 0 spiro atoms. The topological polar surface area (TPSA) is 107 Å². The van der Waals surface area contributed by atoms with Gasteiger partial charge in [-0.15, -0.1) is 0 Å². The molecule has 0 atom stereocenters. The van der Waals surface area contributed by atoms with Gasteiger partial charge in [0.2, 0.25) is 5.95 Å². The van der Waals surface area contributed by atoms with E-state index >= 15 is 0 Å². The van der Waals surface area contributed by atoms with Crippen molar-refractivity contribution in [2.24, 2.45) is 0 Å². The molecule has 0 bridgehead atoms. The van der Waals surface area contributed by atoms with E-state index < -0.39 is 0 Å². The lowest BCUT2D eigenvalue weighted by atomic mass is 10.1. The molecule has 0 fully saturated rings. The van der Waals surface area contributed by atoms with Crippen LogP contribution >= 0.6 is 0 Å². The number of benzene rings is 1. The molecule has 154 valence electrons. The number of carbonyl (C=O) groups excluding carboxylic acids is 1. The monoisotopic (exact) mass is 405 g/mol. The molecular weight excluding hydrogens is 382 g/mol. The van der Waals surface area contributed by atoms with Gasteiger partial charge in [-0.05, 0) is 45.9 Å². The molecule has 0 aliphatic carbocycles. The van der Waals surface area contributed by atoms with Crippen LogP contribution in [0.3, 0.4) is 0 Å². The standard InChI is InChI=1S/C21H23N7O2/c1-5-27-20(30)15-8-6-7-9-17(15)24-21(27)26-25-19(29)16-10-14-11-22-28(12(2)3)18(14)23-13(16)4/h6-12H,5H2,1-4H3,(H,24,26)(H,25,29). The van der Waals surface area contributed by atoms with Gasteiger partial charge in [0.25, 0.3) is 11.5 Å². The van der Waals surface area contributed by atoms with Gasteiger partial charge in [0, 0.05) is 18.0 Å². The molecule has 0 aliphatic heterocycles. The Balaban J connectivity index is 1.64. The highest BCUT2D eigenvalue weighted by Crippen LogP contribution is 2.19. The van der Waals surface area contributed by atoms with E-state index in [1.165, 1.54) is 4.57 Å². The number of para-hydroxylation sites is 1. The van der Waals surface area contributed by atoms with Crippen molar-refractivity contribution >= 4 is 33.8 Å². The Morgan fingerprint density at radius 3 is 2.70 bits per heavy atom. The highest BCUT2D eigenvalue weighted by molar-refractivity contribution is 5.98. The van der Waals surface area contributed by atoms with Gasteiger partial charge in [-0.3, -0.25) is 25.0 Å². The fourth-order valence-corrected chi connectivity index (χ4v) is 3.41. The maximum Gasteiger partial charge on any atom is 0.271 e. The van der Waals surface area contributed by atoms with Crippen molar-refractivity contribution in [1.82, 2.24) is 29.7 Å². The Morgan fingerprint density at radius 2 is 1.97 bits per heavy atom. The Kier molecular flexibility index (Phi) is 4.94. The minimum absolute atomic E-state index is 0.166. The van der Waals surface area contributed by atoms with Crippen LogP contribution < -0.4 is 16.4 Å². The lowest BCUT2D eigenvalue weighted by Crippen LogP contribution is -2.34. The molecule has 2 N–H and O–H groups in total. The molecule has 0 unspecified atom stereocenters. The number of aromatic nitrogens is 5. The third-order valence-corrected chi connectivity index (χ3v) is 4.96. The summed E-state index contributed by atoms with van der Waals surface area (Å²) in [5.41, 5.74) is 7.58. The minimum Gasteiger partial charge on any atom is -0.277 e. The van der Waals surface area contributed by atoms with E-state index in [9.17, 15) is 9.59 Å². The van der Waals surface area contributed by atoms with Crippen LogP contribution in [0.15, 0.2) is 41.3 Å². The number of hydrazine groups is 1. The molecule has 3 heterocycles. The first-order valence-corrected chi connectivity index (χ1v) is 9.81. The summed E-state index contributed by atoms with van der Waals surface area (Å²) in [6.07, 6.45) is 1.70. The van der Waals surface area contributed by atoms with E-state index in [0.29, 0.717) is 28.7 Å². The van der Waals surface area contributed by atoms with E-state index in [0.717, 1.165) is 11.0 Å². The summed E-state index contributed by atoms with van der Waals surface area (Å²) in [5.74, 6) is -0.0990. The maximum atomic E-state index is 12.8. The van der Waals surface area contributed by atoms with E-state index in [-0.39, 0.29) is 23.5 Å². The van der Waals surface area contributed by atoms with Crippen LogP contribution in [-0.2, 0) is 6.54 Å². The first-order chi connectivity index (χ1) is 14.4. The SMILES string of the molecule is CCn1c(NNC(=O)c2cc3cnn(C(C)C)c3nc2C)nc2ccccc2c1=O. The van der Waals surface area contributed by atoms with Crippen LogP contribution in [0.5, 0.6) is 0 Å². The van der Waals surface area contributed by atoms with Crippen LogP contribution in [-0.4, -0.2) is 30.2 Å². The van der Waals surface area contributed by atoms with Crippen molar-refractivity contribution in [3.05, 3.63) is 58.1 Å². The predicted octanol–water partition coefficient (Wildman–Crippen LogP) is 2.81. The van der Waals surface area contributed by atoms with Gasteiger partial charge in [-0.1, -0.05) is 12.1 Å². The van der Waals surface area contributed by atoms with E-state index in [4.69, 9.17) is 0 Å². The Labute approximate surface area is 172 Å². The lowest BCUT2D eigenvalue weighted by Gasteiger charge is -2.14. The average Bonchev–Trinajstić information content (AvgIpc) is 3.14. The lowest BCUT2D eigenvalue weighted by molar-refractivity contribution is 0.0961. The van der Waals surface area contributed by atoms with Crippen molar-refractivity contribution in [1.29, 1.82) is 0 Å². The molecule has 1 amide bonds. The molecule has 0 radical (unpaired) electrons. The van der Waals surface area contributed by atoms with Gasteiger partial charge in [0.1, 0.15) is 0 Å². The largest absolute Gasteiger partial charge is 0.277 e. The number of carbonyl (C=O) groups is 1. The summed E-state index contributed by atoms with van der Waals surface area (Å²) < 4.78 is 3.30. The second-order valence-electron chi connectivity index (χ2n) is 7.30. The summed E-state index contributed by atoms with van der Waals surface area (Å²) in [7, 11) is 0. The summed E-state index contributed by atoms with van der Waals surface area (Å²) in [6.45, 7) is 8.09. The van der Waals surface area contributed by atoms with Crippen molar-refractivity contribution < 1.29 is 4.79 Å². The van der Waals surface area contributed by atoms with Gasteiger partial charge >= 0.3 is 0 Å². The molecule has 0 saturated heterocycles. The van der Waals surface area contributed by atoms with Crippen molar-refractivity contribution in [2.75, 3.05) is 5.43 Å². The van der Waals surface area contributed by atoms with Crippen LogP contribution in [0.1, 0.15) is 42.9 Å². The summed E-state index contributed by atoms with van der Waals surface area (Å²) in [6, 6.07) is 9.04. The van der Waals surface area contributed by atoms with Crippen molar-refractivity contribution in [2.45, 2.75) is 40.3 Å². The quantitative estimate of drug-likeness (QED) is 0.495. The number of pyridine rings is 1. The van der Waals surface area contributed by atoms with Crippen LogP contribution in [0.25, 0.3) is 21.9 Å². The van der Waals surface area contributed by atoms with Crippen LogP contribution in [0.4, 0.5) is 5.95 Å². The van der Waals surface area contributed by atoms with Crippen LogP contribution in [0, 0.1) is 6.92 Å². The van der Waals surface area contributed by atoms with Gasteiger partial charge in [-0.25, -0.2) is 14.6 Å². The normalized spacial score (nSPS) is 11.4. The zero-order valence-electron chi connectivity index (χ0n) is 17.3. The smallest absolute Gasteiger partial charge is 0.271 e. The van der Waals surface area contributed by atoms with Gasteiger partial charge in [-0.2, -0.15) is 5.10 Å². The zero-order valence-corrected chi connectivity index (χ0v) is 17.3. The molecular formula is C21H23N7O2. The number of fused-ring (bicyclic) bond motifs is 2. The second kappa shape index (κ2) is 7.58. The maximum absolute atomic E-state index is 12.8. The summed E-state index contributed by atoms with van der Waals surface area (Å²) in [4.78, 5) is 34.6. The average molecular weight is 405 g/mol. The second-order valence-corrected chi connectivity index (χ2v) is 7.30. The number of hydrogen-bond donors (Lipinski definition) is 2. The molecule has 0 saturated carbocycles. The number of anilines is 1. The fraction of sp³-hybridized carbons (Fsp3) is 0.286. The molecule has 3 aromatic heterocycles. The van der Waals surface area contributed by atoms with Gasteiger partial charge in [0.05, 0.1) is 28.4 Å². The predicted molar refractivity (Wildman–Crippen MR) is 115 cm³/mol. The molecule has 9 nitrogen and oxygen atoms in total. The molecule has 9 heteroatoms. The third-order valence-electron chi connectivity index (χ3n) is 4.96. The van der Waals surface area contributed by atoms with Crippen LogP contribution in [0.2, 0.25) is 0 Å². The highest BCUT2D eigenvalue weighted by atomic mass is 16.2. The first-order valence-electron chi connectivity index (χ1n) is 9.81. The molecule has 4 aromatic rings. The molecule has 30 heavy (non-hydrogen) atoms. The van der Waals surface area contributed by atoms with Gasteiger partial charge in [0.15, 0.2) is 5.65 Å². The van der Waals surface area contributed by atoms with Crippen molar-refractivity contribution in [3.8, 4) is 0 Å². The van der Waals surface area contributed by atoms with E-state index in [1.807, 2.05) is 31.5 Å². The molecule has 0 aliphatic rings. The number of hydrogen-bond acceptors (Lipinski definition) is 6. The van der Waals surface area contributed by atoms with E-state index in [1.54, 1.807) is 37.4 Å². The minimum atomic E-state index is -0.371. The number of aryl methyl sites for hydroxylation is 1. The first kappa shape index (κ1) is 19.6. The summed E-state index contributed by atoms with van der Waals surface area (Å²) >= 11 is 0. The Bertz CT molecular complexity index is 1320. The third kappa shape index (κ3) is 3.28. The Hall–Kier alpha value is -3.75. The molecule has 1 aromatic carbocycles. The number of rotatable bonds is 5. The zero-order chi connectivity index (χ0) is 21.4. The van der Waals surface area contributed by atoms with Crippen molar-refractivity contribution in [3.63, 3.8) is 0 Å². The van der Waals surface area contributed by atoms with E-state index in [2.05, 4.69) is 25.9 Å². The fourth-order valence-electron chi connectivity index (χ4n) is 3.41. The van der Waals surface area contributed by atoms with Gasteiger partial charge < -0.3 is 0 Å². The highest BCUT2D eigenvalue weighted by Gasteiger charge is 2.16.